The van der Waals surface area contributed by atoms with Crippen LogP contribution in [0.3, 0.4) is 0 Å². The van der Waals surface area contributed by atoms with Crippen LogP contribution in [0.2, 0.25) is 0 Å². The first kappa shape index (κ1) is 21.3. The summed E-state index contributed by atoms with van der Waals surface area (Å²) >= 11 is 0. The van der Waals surface area contributed by atoms with Crippen molar-refractivity contribution in [3.63, 3.8) is 0 Å². The standard InChI is InChI=1S/C18H31N3O3S/c1-3-4-5-6-7-8-13-20-18(19)21-14-15-24-16-9-11-17(12-10-16)25(2,22)23/h9-12H,3-8,13-15H2,1-2H3,(H3,19,20,21). The molecule has 3 N–H and O–H groups in total. The molecule has 0 amide bonds. The molecule has 142 valence electrons. The summed E-state index contributed by atoms with van der Waals surface area (Å²) < 4.78 is 28.3. The summed E-state index contributed by atoms with van der Waals surface area (Å²) in [5.41, 5.74) is 5.80. The van der Waals surface area contributed by atoms with E-state index in [1.807, 2.05) is 0 Å². The minimum atomic E-state index is -3.17. The van der Waals surface area contributed by atoms with Crippen molar-refractivity contribution in [3.8, 4) is 5.75 Å². The molecule has 1 aromatic carbocycles. The summed E-state index contributed by atoms with van der Waals surface area (Å²) in [5, 5.41) is 3.01. The van der Waals surface area contributed by atoms with E-state index >= 15 is 0 Å². The van der Waals surface area contributed by atoms with Gasteiger partial charge in [0.2, 0.25) is 0 Å². The van der Waals surface area contributed by atoms with E-state index in [0.29, 0.717) is 24.9 Å². The van der Waals surface area contributed by atoms with Gasteiger partial charge in [-0.15, -0.1) is 0 Å². The molecule has 0 fully saturated rings. The topological polar surface area (TPSA) is 93.8 Å². The molecule has 1 rings (SSSR count). The maximum absolute atomic E-state index is 11.4. The van der Waals surface area contributed by atoms with Gasteiger partial charge in [0.25, 0.3) is 0 Å². The van der Waals surface area contributed by atoms with E-state index in [2.05, 4.69) is 17.2 Å². The SMILES string of the molecule is CCCCCCCCN=C(N)NCCOc1ccc(S(C)(=O)=O)cc1. The van der Waals surface area contributed by atoms with Gasteiger partial charge in [-0.25, -0.2) is 8.42 Å². The van der Waals surface area contributed by atoms with Crippen LogP contribution in [0.25, 0.3) is 0 Å². The number of hydrogen-bond acceptors (Lipinski definition) is 4. The van der Waals surface area contributed by atoms with Crippen LogP contribution in [-0.2, 0) is 9.84 Å². The Balaban J connectivity index is 2.15. The van der Waals surface area contributed by atoms with Gasteiger partial charge in [0, 0.05) is 12.8 Å². The van der Waals surface area contributed by atoms with Crippen molar-refractivity contribution in [1.82, 2.24) is 5.32 Å². The third kappa shape index (κ3) is 9.96. The van der Waals surface area contributed by atoms with Crippen molar-refractivity contribution in [2.45, 2.75) is 50.3 Å². The second-order valence-corrected chi connectivity index (χ2v) is 8.07. The van der Waals surface area contributed by atoms with Crippen molar-refractivity contribution in [1.29, 1.82) is 0 Å². The largest absolute Gasteiger partial charge is 0.492 e. The Morgan fingerprint density at radius 2 is 1.76 bits per heavy atom. The van der Waals surface area contributed by atoms with Gasteiger partial charge >= 0.3 is 0 Å². The van der Waals surface area contributed by atoms with Crippen molar-refractivity contribution >= 4 is 15.8 Å². The molecule has 0 heterocycles. The molecule has 0 spiro atoms. The molecule has 0 saturated heterocycles. The molecule has 0 unspecified atom stereocenters. The highest BCUT2D eigenvalue weighted by Gasteiger charge is 2.06. The number of rotatable bonds is 12. The highest BCUT2D eigenvalue weighted by molar-refractivity contribution is 7.90. The zero-order valence-electron chi connectivity index (χ0n) is 15.3. The molecule has 0 atom stereocenters. The minimum Gasteiger partial charge on any atom is -0.492 e. The summed E-state index contributed by atoms with van der Waals surface area (Å²) in [6.07, 6.45) is 8.58. The van der Waals surface area contributed by atoms with Gasteiger partial charge in [-0.1, -0.05) is 39.0 Å². The molecule has 7 heteroatoms. The Morgan fingerprint density at radius 3 is 2.40 bits per heavy atom. The van der Waals surface area contributed by atoms with E-state index in [-0.39, 0.29) is 4.90 Å². The second-order valence-electron chi connectivity index (χ2n) is 6.05. The number of ether oxygens (including phenoxy) is 1. The normalized spacial score (nSPS) is 12.2. The lowest BCUT2D eigenvalue weighted by Gasteiger charge is -2.08. The van der Waals surface area contributed by atoms with E-state index in [0.717, 1.165) is 13.0 Å². The number of nitrogens with two attached hydrogens (primary N) is 1. The van der Waals surface area contributed by atoms with Crippen LogP contribution in [-0.4, -0.2) is 40.3 Å². The van der Waals surface area contributed by atoms with Gasteiger partial charge in [0.05, 0.1) is 11.4 Å². The first-order valence-corrected chi connectivity index (χ1v) is 10.8. The van der Waals surface area contributed by atoms with Crippen molar-refractivity contribution in [2.24, 2.45) is 10.7 Å². The lowest BCUT2D eigenvalue weighted by molar-refractivity contribution is 0.322. The van der Waals surface area contributed by atoms with Crippen LogP contribution in [0.1, 0.15) is 45.4 Å². The number of aliphatic imine (C=N–C) groups is 1. The van der Waals surface area contributed by atoms with Crippen molar-refractivity contribution < 1.29 is 13.2 Å². The summed E-state index contributed by atoms with van der Waals surface area (Å²) in [6.45, 7) is 3.93. The van der Waals surface area contributed by atoms with Crippen LogP contribution < -0.4 is 15.8 Å². The summed E-state index contributed by atoms with van der Waals surface area (Å²) in [5.74, 6) is 1.06. The van der Waals surface area contributed by atoms with Gasteiger partial charge in [0.1, 0.15) is 12.4 Å². The molecule has 0 bridgehead atoms. The maximum atomic E-state index is 11.4. The first-order chi connectivity index (χ1) is 11.9. The third-order valence-electron chi connectivity index (χ3n) is 3.72. The van der Waals surface area contributed by atoms with Gasteiger partial charge in [-0.2, -0.15) is 0 Å². The Hall–Kier alpha value is -1.76. The fourth-order valence-corrected chi connectivity index (χ4v) is 2.91. The van der Waals surface area contributed by atoms with Gasteiger partial charge in [-0.05, 0) is 30.7 Å². The molecule has 25 heavy (non-hydrogen) atoms. The minimum absolute atomic E-state index is 0.282. The molecule has 1 aromatic rings. The number of unbranched alkanes of at least 4 members (excludes halogenated alkanes) is 5. The molecular weight excluding hydrogens is 338 g/mol. The number of nitrogens with one attached hydrogen (secondary N) is 1. The quantitative estimate of drug-likeness (QED) is 0.336. The van der Waals surface area contributed by atoms with Gasteiger partial charge in [-0.3, -0.25) is 4.99 Å². The average molecular weight is 370 g/mol. The highest BCUT2D eigenvalue weighted by atomic mass is 32.2. The van der Waals surface area contributed by atoms with E-state index in [1.54, 1.807) is 12.1 Å². The zero-order valence-corrected chi connectivity index (χ0v) is 16.1. The Kier molecular flexibility index (Phi) is 9.99. The van der Waals surface area contributed by atoms with Gasteiger partial charge < -0.3 is 15.8 Å². The monoisotopic (exact) mass is 369 g/mol. The van der Waals surface area contributed by atoms with Crippen molar-refractivity contribution in [3.05, 3.63) is 24.3 Å². The number of guanidine groups is 1. The Labute approximate surface area is 151 Å². The second kappa shape index (κ2) is 11.7. The molecule has 6 nitrogen and oxygen atoms in total. The van der Waals surface area contributed by atoms with E-state index in [9.17, 15) is 8.42 Å². The van der Waals surface area contributed by atoms with Crippen LogP contribution >= 0.6 is 0 Å². The lowest BCUT2D eigenvalue weighted by atomic mass is 10.1. The summed E-state index contributed by atoms with van der Waals surface area (Å²) in [4.78, 5) is 4.57. The van der Waals surface area contributed by atoms with Crippen LogP contribution in [0.4, 0.5) is 0 Å². The number of sulfone groups is 1. The van der Waals surface area contributed by atoms with Crippen LogP contribution in [0, 0.1) is 0 Å². The van der Waals surface area contributed by atoms with E-state index in [4.69, 9.17) is 10.5 Å². The lowest BCUT2D eigenvalue weighted by Crippen LogP contribution is -2.34. The predicted molar refractivity (Wildman–Crippen MR) is 103 cm³/mol. The molecule has 0 aliphatic heterocycles. The first-order valence-electron chi connectivity index (χ1n) is 8.90. The van der Waals surface area contributed by atoms with E-state index in [1.165, 1.54) is 50.5 Å². The molecule has 0 aliphatic carbocycles. The Morgan fingerprint density at radius 1 is 1.12 bits per heavy atom. The zero-order chi connectivity index (χ0) is 18.5. The third-order valence-corrected chi connectivity index (χ3v) is 4.85. The molecular formula is C18H31N3O3S. The number of nitrogens with zero attached hydrogens (tertiary/aromatic N) is 1. The summed E-state index contributed by atoms with van der Waals surface area (Å²) in [6, 6.07) is 6.36. The molecule has 0 aliphatic rings. The number of hydrogen-bond donors (Lipinski definition) is 2. The summed E-state index contributed by atoms with van der Waals surface area (Å²) in [7, 11) is -3.17. The number of benzene rings is 1. The molecule has 0 radical (unpaired) electrons. The van der Waals surface area contributed by atoms with Crippen molar-refractivity contribution in [2.75, 3.05) is 26.0 Å². The molecule has 0 aromatic heterocycles. The fraction of sp³-hybridized carbons (Fsp3) is 0.611. The molecule has 0 saturated carbocycles. The average Bonchev–Trinajstić information content (AvgIpc) is 2.57. The Bertz CT molecular complexity index is 613. The van der Waals surface area contributed by atoms with Crippen LogP contribution in [0.5, 0.6) is 5.75 Å². The predicted octanol–water partition coefficient (Wildman–Crippen LogP) is 2.73. The maximum Gasteiger partial charge on any atom is 0.188 e. The van der Waals surface area contributed by atoms with Crippen LogP contribution in [0.15, 0.2) is 34.2 Å². The highest BCUT2D eigenvalue weighted by Crippen LogP contribution is 2.15. The van der Waals surface area contributed by atoms with Gasteiger partial charge in [0.15, 0.2) is 15.8 Å². The smallest absolute Gasteiger partial charge is 0.188 e. The van der Waals surface area contributed by atoms with E-state index < -0.39 is 9.84 Å². The fourth-order valence-electron chi connectivity index (χ4n) is 2.28.